The molecule has 0 spiro atoms. The lowest BCUT2D eigenvalue weighted by molar-refractivity contribution is 0.0692. The number of aromatic hydroxyl groups is 1. The molecule has 0 aliphatic rings. The number of phenols is 1. The minimum absolute atomic E-state index is 0.0438. The predicted molar refractivity (Wildman–Crippen MR) is 81.4 cm³/mol. The molecule has 0 heterocycles. The van der Waals surface area contributed by atoms with Gasteiger partial charge in [0.1, 0.15) is 11.3 Å². The van der Waals surface area contributed by atoms with Crippen LogP contribution < -0.4 is 0 Å². The van der Waals surface area contributed by atoms with Gasteiger partial charge in [0.2, 0.25) is 0 Å². The van der Waals surface area contributed by atoms with Crippen LogP contribution in [0.3, 0.4) is 0 Å². The Bertz CT molecular complexity index is 450. The Morgan fingerprint density at radius 3 is 2.40 bits per heavy atom. The molecule has 0 aliphatic carbocycles. The summed E-state index contributed by atoms with van der Waals surface area (Å²) in [6.07, 6.45) is 6.58. The molecule has 0 atom stereocenters. The van der Waals surface area contributed by atoms with Crippen LogP contribution in [-0.4, -0.2) is 16.2 Å². The van der Waals surface area contributed by atoms with Crippen LogP contribution in [0.1, 0.15) is 67.4 Å². The van der Waals surface area contributed by atoms with Crippen molar-refractivity contribution >= 4 is 5.97 Å². The van der Waals surface area contributed by atoms with E-state index in [2.05, 4.69) is 13.8 Å². The number of rotatable bonds is 8. The number of carbonyl (C=O) groups is 1. The Labute approximate surface area is 121 Å². The van der Waals surface area contributed by atoms with Gasteiger partial charge in [-0.3, -0.25) is 0 Å². The average molecular weight is 278 g/mol. The number of unbranched alkanes of at least 4 members (excludes halogenated alkanes) is 3. The second-order valence-corrected chi connectivity index (χ2v) is 5.92. The Hall–Kier alpha value is -1.51. The van der Waals surface area contributed by atoms with Crippen molar-refractivity contribution in [2.45, 2.75) is 59.3 Å². The number of hydrogen-bond acceptors (Lipinski definition) is 2. The molecule has 0 radical (unpaired) electrons. The van der Waals surface area contributed by atoms with Crippen molar-refractivity contribution in [2.24, 2.45) is 5.92 Å². The molecule has 20 heavy (non-hydrogen) atoms. The highest BCUT2D eigenvalue weighted by Crippen LogP contribution is 2.27. The topological polar surface area (TPSA) is 57.5 Å². The summed E-state index contributed by atoms with van der Waals surface area (Å²) in [5.41, 5.74) is 1.40. The van der Waals surface area contributed by atoms with Gasteiger partial charge in [-0.1, -0.05) is 51.7 Å². The molecule has 0 unspecified atom stereocenters. The van der Waals surface area contributed by atoms with Gasteiger partial charge in [-0.15, -0.1) is 0 Å². The van der Waals surface area contributed by atoms with E-state index in [4.69, 9.17) is 5.11 Å². The first-order valence-corrected chi connectivity index (χ1v) is 7.48. The van der Waals surface area contributed by atoms with Crippen molar-refractivity contribution in [3.63, 3.8) is 0 Å². The molecule has 2 N–H and O–H groups in total. The van der Waals surface area contributed by atoms with Crippen LogP contribution in [-0.2, 0) is 6.42 Å². The molecule has 3 nitrogen and oxygen atoms in total. The molecule has 1 rings (SSSR count). The molecule has 0 bridgehead atoms. The fraction of sp³-hybridized carbons (Fsp3) is 0.588. The number of aromatic carboxylic acids is 1. The van der Waals surface area contributed by atoms with Gasteiger partial charge in [0.05, 0.1) is 0 Å². The van der Waals surface area contributed by atoms with Crippen LogP contribution in [0.15, 0.2) is 12.1 Å². The van der Waals surface area contributed by atoms with Crippen LogP contribution in [0.25, 0.3) is 0 Å². The molecule has 0 saturated carbocycles. The minimum Gasteiger partial charge on any atom is -0.507 e. The normalized spacial score (nSPS) is 11.0. The number of benzene rings is 1. The highest BCUT2D eigenvalue weighted by molar-refractivity contribution is 5.93. The molecular weight excluding hydrogens is 252 g/mol. The summed E-state index contributed by atoms with van der Waals surface area (Å²) in [4.78, 5) is 11.1. The summed E-state index contributed by atoms with van der Waals surface area (Å²) in [5, 5.41) is 19.1. The van der Waals surface area contributed by atoms with Crippen molar-refractivity contribution < 1.29 is 15.0 Å². The summed E-state index contributed by atoms with van der Waals surface area (Å²) in [7, 11) is 0. The number of carboxylic acid groups (broad SMARTS) is 1. The molecule has 0 fully saturated rings. The quantitative estimate of drug-likeness (QED) is 0.686. The number of hydrogen-bond donors (Lipinski definition) is 2. The first kappa shape index (κ1) is 16.5. The highest BCUT2D eigenvalue weighted by atomic mass is 16.4. The molecule has 1 aromatic carbocycles. The monoisotopic (exact) mass is 278 g/mol. The summed E-state index contributed by atoms with van der Waals surface area (Å²) in [5.74, 6) is -0.354. The second-order valence-electron chi connectivity index (χ2n) is 5.92. The Balaban J connectivity index is 2.49. The van der Waals surface area contributed by atoms with Crippen molar-refractivity contribution in [2.75, 3.05) is 0 Å². The molecular formula is C17H26O3. The lowest BCUT2D eigenvalue weighted by Crippen LogP contribution is -2.02. The van der Waals surface area contributed by atoms with E-state index in [1.165, 1.54) is 19.3 Å². The smallest absolute Gasteiger partial charge is 0.339 e. The van der Waals surface area contributed by atoms with Gasteiger partial charge in [0.15, 0.2) is 0 Å². The maximum atomic E-state index is 11.1. The van der Waals surface area contributed by atoms with Crippen LogP contribution in [0.2, 0.25) is 0 Å². The lowest BCUT2D eigenvalue weighted by Gasteiger charge is -2.10. The first-order chi connectivity index (χ1) is 9.43. The van der Waals surface area contributed by atoms with Gasteiger partial charge in [-0.25, -0.2) is 4.79 Å². The Morgan fingerprint density at radius 2 is 1.80 bits per heavy atom. The average Bonchev–Trinajstić information content (AvgIpc) is 2.35. The third kappa shape index (κ3) is 4.87. The van der Waals surface area contributed by atoms with Crippen LogP contribution in [0, 0.1) is 12.8 Å². The van der Waals surface area contributed by atoms with Gasteiger partial charge >= 0.3 is 5.97 Å². The van der Waals surface area contributed by atoms with E-state index >= 15 is 0 Å². The zero-order chi connectivity index (χ0) is 15.1. The molecule has 0 aromatic heterocycles. The molecule has 3 heteroatoms. The van der Waals surface area contributed by atoms with Crippen molar-refractivity contribution in [1.82, 2.24) is 0 Å². The largest absolute Gasteiger partial charge is 0.507 e. The predicted octanol–water partition coefficient (Wildman–Crippen LogP) is 4.55. The fourth-order valence-corrected chi connectivity index (χ4v) is 2.43. The van der Waals surface area contributed by atoms with Gasteiger partial charge in [0, 0.05) is 0 Å². The van der Waals surface area contributed by atoms with Gasteiger partial charge < -0.3 is 10.2 Å². The van der Waals surface area contributed by atoms with Crippen molar-refractivity contribution in [1.29, 1.82) is 0 Å². The Morgan fingerprint density at radius 1 is 1.15 bits per heavy atom. The standard InChI is InChI=1S/C17H26O3/c1-12(2)8-6-4-5-7-9-14-11-10-13(3)15(16(14)18)17(19)20/h10-12,18H,4-9H2,1-3H3,(H,19,20). The van der Waals surface area contributed by atoms with E-state index in [-0.39, 0.29) is 11.3 Å². The summed E-state index contributed by atoms with van der Waals surface area (Å²) >= 11 is 0. The first-order valence-electron chi connectivity index (χ1n) is 7.48. The zero-order valence-electron chi connectivity index (χ0n) is 12.8. The van der Waals surface area contributed by atoms with Crippen LogP contribution >= 0.6 is 0 Å². The van der Waals surface area contributed by atoms with Gasteiger partial charge in [-0.05, 0) is 36.8 Å². The molecule has 112 valence electrons. The summed E-state index contributed by atoms with van der Waals surface area (Å²) in [6.45, 7) is 6.18. The SMILES string of the molecule is Cc1ccc(CCCCCCC(C)C)c(O)c1C(=O)O. The molecule has 0 saturated heterocycles. The highest BCUT2D eigenvalue weighted by Gasteiger charge is 2.15. The van der Waals surface area contributed by atoms with E-state index in [0.717, 1.165) is 30.7 Å². The third-order valence-electron chi connectivity index (χ3n) is 3.66. The maximum Gasteiger partial charge on any atom is 0.339 e. The molecule has 1 aromatic rings. The minimum atomic E-state index is -1.06. The zero-order valence-corrected chi connectivity index (χ0v) is 12.8. The van der Waals surface area contributed by atoms with Crippen LogP contribution in [0.4, 0.5) is 0 Å². The Kier molecular flexibility index (Phi) is 6.56. The fourth-order valence-electron chi connectivity index (χ4n) is 2.43. The summed E-state index contributed by atoms with van der Waals surface area (Å²) in [6, 6.07) is 3.61. The molecule has 0 amide bonds. The van der Waals surface area contributed by atoms with Crippen molar-refractivity contribution in [3.8, 4) is 5.75 Å². The van der Waals surface area contributed by atoms with E-state index in [1.54, 1.807) is 13.0 Å². The van der Waals surface area contributed by atoms with E-state index in [0.29, 0.717) is 5.56 Å². The lowest BCUT2D eigenvalue weighted by atomic mass is 9.98. The van der Waals surface area contributed by atoms with E-state index in [1.807, 2.05) is 6.07 Å². The number of carboxylic acids is 1. The van der Waals surface area contributed by atoms with E-state index in [9.17, 15) is 9.90 Å². The van der Waals surface area contributed by atoms with Gasteiger partial charge in [-0.2, -0.15) is 0 Å². The summed E-state index contributed by atoms with van der Waals surface area (Å²) < 4.78 is 0. The van der Waals surface area contributed by atoms with E-state index < -0.39 is 5.97 Å². The van der Waals surface area contributed by atoms with Crippen LogP contribution in [0.5, 0.6) is 5.75 Å². The number of aryl methyl sites for hydroxylation is 2. The van der Waals surface area contributed by atoms with Gasteiger partial charge in [0.25, 0.3) is 0 Å². The molecule has 0 aliphatic heterocycles. The third-order valence-corrected chi connectivity index (χ3v) is 3.66. The maximum absolute atomic E-state index is 11.1. The second kappa shape index (κ2) is 7.93. The van der Waals surface area contributed by atoms with Crippen molar-refractivity contribution in [3.05, 3.63) is 28.8 Å².